The number of carboxylic acid groups (broad SMARTS) is 1. The Hall–Kier alpha value is -2.31. The molecule has 7 nitrogen and oxygen atoms in total. The molecule has 0 radical (unpaired) electrons. The first-order valence-electron chi connectivity index (χ1n) is 8.88. The van der Waals surface area contributed by atoms with Gasteiger partial charge in [-0.2, -0.15) is 0 Å². The minimum atomic E-state index is -1.05. The third-order valence-corrected chi connectivity index (χ3v) is 4.74. The number of hydrogen-bond donors (Lipinski definition) is 2. The summed E-state index contributed by atoms with van der Waals surface area (Å²) >= 11 is 0. The molecule has 0 aromatic carbocycles. The number of hydrogen-bond acceptors (Lipinski definition) is 4. The molecule has 1 unspecified atom stereocenters. The number of carbonyl (C=O) groups excluding carboxylic acids is 1. The van der Waals surface area contributed by atoms with Crippen molar-refractivity contribution < 1.29 is 14.7 Å². The lowest BCUT2D eigenvalue weighted by Gasteiger charge is -2.32. The van der Waals surface area contributed by atoms with Crippen LogP contribution in [0.3, 0.4) is 0 Å². The van der Waals surface area contributed by atoms with E-state index in [0.29, 0.717) is 6.42 Å². The Morgan fingerprint density at radius 1 is 1.32 bits per heavy atom. The van der Waals surface area contributed by atoms with Crippen LogP contribution >= 0.6 is 0 Å². The molecule has 1 fully saturated rings. The largest absolute Gasteiger partial charge is 0.480 e. The van der Waals surface area contributed by atoms with Crippen LogP contribution < -0.4 is 15.8 Å². The second-order valence-electron chi connectivity index (χ2n) is 6.71. The molecule has 1 aromatic rings. The number of anilines is 1. The maximum absolute atomic E-state index is 12.0. The van der Waals surface area contributed by atoms with Gasteiger partial charge in [0.2, 0.25) is 5.91 Å². The molecule has 138 valence electrons. The third kappa shape index (κ3) is 5.34. The van der Waals surface area contributed by atoms with Crippen LogP contribution in [0.2, 0.25) is 0 Å². The lowest BCUT2D eigenvalue weighted by molar-refractivity contribution is -0.141. The van der Waals surface area contributed by atoms with Crippen LogP contribution in [-0.2, 0) is 16.1 Å². The van der Waals surface area contributed by atoms with Crippen molar-refractivity contribution in [2.45, 2.75) is 52.1 Å². The van der Waals surface area contributed by atoms with Gasteiger partial charge in [-0.3, -0.25) is 9.59 Å². The normalized spacial score (nSPS) is 16.5. The third-order valence-electron chi connectivity index (χ3n) is 4.74. The summed E-state index contributed by atoms with van der Waals surface area (Å²) in [6, 6.07) is 2.47. The van der Waals surface area contributed by atoms with Gasteiger partial charge in [-0.25, -0.2) is 4.79 Å². The van der Waals surface area contributed by atoms with Crippen LogP contribution in [0, 0.1) is 5.92 Å². The van der Waals surface area contributed by atoms with E-state index >= 15 is 0 Å². The molecular formula is C18H27N3O4. The Labute approximate surface area is 147 Å². The summed E-state index contributed by atoms with van der Waals surface area (Å²) in [6.07, 6.45) is 4.46. The number of aliphatic carboxylic acids is 1. The van der Waals surface area contributed by atoms with E-state index in [0.717, 1.165) is 37.5 Å². The van der Waals surface area contributed by atoms with Gasteiger partial charge in [0.1, 0.15) is 6.04 Å². The summed E-state index contributed by atoms with van der Waals surface area (Å²) in [5, 5.41) is 11.4. The van der Waals surface area contributed by atoms with Crippen LogP contribution in [-0.4, -0.2) is 40.7 Å². The first-order valence-corrected chi connectivity index (χ1v) is 8.88. The second kappa shape index (κ2) is 8.69. The van der Waals surface area contributed by atoms with E-state index in [9.17, 15) is 14.4 Å². The minimum Gasteiger partial charge on any atom is -0.480 e. The number of carbonyl (C=O) groups is 2. The molecule has 25 heavy (non-hydrogen) atoms. The van der Waals surface area contributed by atoms with Gasteiger partial charge in [-0.05, 0) is 31.2 Å². The summed E-state index contributed by atoms with van der Waals surface area (Å²) in [5.74, 6) is -0.681. The van der Waals surface area contributed by atoms with Gasteiger partial charge in [0.05, 0.1) is 5.69 Å². The van der Waals surface area contributed by atoms with E-state index in [4.69, 9.17) is 5.11 Å². The number of piperidine rings is 1. The Balaban J connectivity index is 1.97. The van der Waals surface area contributed by atoms with Crippen molar-refractivity contribution in [1.29, 1.82) is 0 Å². The predicted molar refractivity (Wildman–Crippen MR) is 95.8 cm³/mol. The standard InChI is InChI=1S/C18H27N3O4/c1-3-15(18(24)25)19-16(22)8-11-21-12-14(4-5-17(21)23)20-9-6-13(2)7-10-20/h4-5,12-13,15H,3,6-11H2,1-2H3,(H,19,22)(H,24,25). The quantitative estimate of drug-likeness (QED) is 0.777. The SMILES string of the molecule is CCC(NC(=O)CCn1cc(N2CCC(C)CC2)ccc1=O)C(=O)O. The zero-order chi connectivity index (χ0) is 18.4. The molecule has 1 aliphatic rings. The predicted octanol–water partition coefficient (Wildman–Crippen LogP) is 1.45. The van der Waals surface area contributed by atoms with Gasteiger partial charge >= 0.3 is 5.97 Å². The molecular weight excluding hydrogens is 322 g/mol. The number of aryl methyl sites for hydroxylation is 1. The zero-order valence-electron chi connectivity index (χ0n) is 14.9. The molecule has 2 N–H and O–H groups in total. The smallest absolute Gasteiger partial charge is 0.326 e. The number of nitrogens with zero attached hydrogens (tertiary/aromatic N) is 2. The van der Waals surface area contributed by atoms with Crippen molar-refractivity contribution in [2.24, 2.45) is 5.92 Å². The van der Waals surface area contributed by atoms with Crippen LogP contribution in [0.25, 0.3) is 0 Å². The van der Waals surface area contributed by atoms with Crippen molar-refractivity contribution in [2.75, 3.05) is 18.0 Å². The average molecular weight is 349 g/mol. The van der Waals surface area contributed by atoms with Crippen molar-refractivity contribution in [3.8, 4) is 0 Å². The number of rotatable bonds is 7. The first-order chi connectivity index (χ1) is 11.9. The van der Waals surface area contributed by atoms with Crippen LogP contribution in [0.1, 0.15) is 39.5 Å². The maximum Gasteiger partial charge on any atom is 0.326 e. The fourth-order valence-electron chi connectivity index (χ4n) is 2.97. The summed E-state index contributed by atoms with van der Waals surface area (Å²) < 4.78 is 1.52. The Kier molecular flexibility index (Phi) is 6.61. The molecule has 2 rings (SSSR count). The average Bonchev–Trinajstić information content (AvgIpc) is 2.59. The second-order valence-corrected chi connectivity index (χ2v) is 6.71. The van der Waals surface area contributed by atoms with E-state index in [1.807, 2.05) is 6.07 Å². The molecule has 1 saturated heterocycles. The van der Waals surface area contributed by atoms with Crippen molar-refractivity contribution in [3.05, 3.63) is 28.7 Å². The van der Waals surface area contributed by atoms with E-state index in [1.165, 1.54) is 10.6 Å². The van der Waals surface area contributed by atoms with Gasteiger partial charge in [0.25, 0.3) is 5.56 Å². The first kappa shape index (κ1) is 19.0. The van der Waals surface area contributed by atoms with E-state index in [1.54, 1.807) is 13.1 Å². The van der Waals surface area contributed by atoms with Gasteiger partial charge in [-0.15, -0.1) is 0 Å². The molecule has 7 heteroatoms. The molecule has 1 aliphatic heterocycles. The van der Waals surface area contributed by atoms with Crippen LogP contribution in [0.15, 0.2) is 23.1 Å². The molecule has 0 bridgehead atoms. The lowest BCUT2D eigenvalue weighted by Crippen LogP contribution is -2.40. The van der Waals surface area contributed by atoms with Gasteiger partial charge < -0.3 is 19.9 Å². The molecule has 0 aliphatic carbocycles. The van der Waals surface area contributed by atoms with E-state index in [2.05, 4.69) is 17.1 Å². The Bertz CT molecular complexity index is 663. The summed E-state index contributed by atoms with van der Waals surface area (Å²) in [7, 11) is 0. The van der Waals surface area contributed by atoms with E-state index < -0.39 is 12.0 Å². The molecule has 0 saturated carbocycles. The van der Waals surface area contributed by atoms with Gasteiger partial charge in [-0.1, -0.05) is 13.8 Å². The summed E-state index contributed by atoms with van der Waals surface area (Å²) in [5.41, 5.74) is 0.830. The van der Waals surface area contributed by atoms with Gasteiger partial charge in [0, 0.05) is 38.3 Å². The lowest BCUT2D eigenvalue weighted by atomic mass is 9.99. The number of nitrogens with one attached hydrogen (secondary N) is 1. The highest BCUT2D eigenvalue weighted by atomic mass is 16.4. The molecule has 2 heterocycles. The monoisotopic (exact) mass is 349 g/mol. The highest BCUT2D eigenvalue weighted by molar-refractivity contribution is 5.83. The summed E-state index contributed by atoms with van der Waals surface area (Å²) in [6.45, 7) is 6.12. The van der Waals surface area contributed by atoms with Crippen molar-refractivity contribution in [1.82, 2.24) is 9.88 Å². The Morgan fingerprint density at radius 3 is 2.60 bits per heavy atom. The molecule has 1 amide bonds. The fraction of sp³-hybridized carbons (Fsp3) is 0.611. The number of amides is 1. The van der Waals surface area contributed by atoms with E-state index in [-0.39, 0.29) is 24.4 Å². The number of carboxylic acids is 1. The fourth-order valence-corrected chi connectivity index (χ4v) is 2.97. The summed E-state index contributed by atoms with van der Waals surface area (Å²) in [4.78, 5) is 37.2. The molecule has 1 atom stereocenters. The number of pyridine rings is 1. The molecule has 0 spiro atoms. The number of aromatic nitrogens is 1. The van der Waals surface area contributed by atoms with Crippen molar-refractivity contribution >= 4 is 17.6 Å². The zero-order valence-corrected chi connectivity index (χ0v) is 14.9. The van der Waals surface area contributed by atoms with Gasteiger partial charge in [0.15, 0.2) is 0 Å². The maximum atomic E-state index is 12.0. The minimum absolute atomic E-state index is 0.0736. The van der Waals surface area contributed by atoms with Crippen molar-refractivity contribution in [3.63, 3.8) is 0 Å². The topological polar surface area (TPSA) is 91.6 Å². The van der Waals surface area contributed by atoms with Crippen LogP contribution in [0.4, 0.5) is 5.69 Å². The van der Waals surface area contributed by atoms with Crippen LogP contribution in [0.5, 0.6) is 0 Å². The molecule has 1 aromatic heterocycles. The highest BCUT2D eigenvalue weighted by Gasteiger charge is 2.18. The Morgan fingerprint density at radius 2 is 2.00 bits per heavy atom. The highest BCUT2D eigenvalue weighted by Crippen LogP contribution is 2.21.